The summed E-state index contributed by atoms with van der Waals surface area (Å²) >= 11 is -0.0872. The highest BCUT2D eigenvalue weighted by Crippen LogP contribution is 2.37. The smallest absolute Gasteiger partial charge is 0.329 e. The highest BCUT2D eigenvalue weighted by molar-refractivity contribution is 8.00. The Labute approximate surface area is 127 Å². The van der Waals surface area contributed by atoms with Crippen molar-refractivity contribution in [1.82, 2.24) is 5.32 Å². The van der Waals surface area contributed by atoms with Crippen LogP contribution >= 0.6 is 11.8 Å². The zero-order chi connectivity index (χ0) is 15.3. The summed E-state index contributed by atoms with van der Waals surface area (Å²) in [6, 6.07) is 6.98. The zero-order valence-corrected chi connectivity index (χ0v) is 12.6. The van der Waals surface area contributed by atoms with Crippen LogP contribution in [-0.2, 0) is 0 Å². The highest BCUT2D eigenvalue weighted by atomic mass is 32.2. The topological polar surface area (TPSA) is 38.0 Å². The Bertz CT molecular complexity index is 428. The van der Waals surface area contributed by atoms with E-state index in [2.05, 4.69) is 5.32 Å². The van der Waals surface area contributed by atoms with Gasteiger partial charge in [0, 0.05) is 23.5 Å². The number of hydrogen-bond acceptors (Lipinski definition) is 3. The van der Waals surface area contributed by atoms with Crippen molar-refractivity contribution in [3.05, 3.63) is 29.8 Å². The van der Waals surface area contributed by atoms with Crippen LogP contribution in [0, 0.1) is 0 Å². The summed E-state index contributed by atoms with van der Waals surface area (Å²) < 4.78 is 36.9. The molecule has 1 fully saturated rings. The van der Waals surface area contributed by atoms with E-state index in [0.29, 0.717) is 12.6 Å². The van der Waals surface area contributed by atoms with Gasteiger partial charge in [0.15, 0.2) is 0 Å². The van der Waals surface area contributed by atoms with Crippen molar-refractivity contribution in [3.8, 4) is 0 Å². The van der Waals surface area contributed by atoms with Gasteiger partial charge in [0.05, 0.1) is 0 Å². The lowest BCUT2D eigenvalue weighted by Crippen LogP contribution is -2.37. The van der Waals surface area contributed by atoms with Gasteiger partial charge in [-0.15, -0.1) is 0 Å². The molecule has 0 aromatic heterocycles. The first-order chi connectivity index (χ1) is 9.98. The maximum Gasteiger partial charge on any atom is 0.446 e. The number of alkyl halides is 3. The molecule has 0 heterocycles. The first-order valence-electron chi connectivity index (χ1n) is 7.30. The lowest BCUT2D eigenvalue weighted by molar-refractivity contribution is -0.0328. The van der Waals surface area contributed by atoms with Gasteiger partial charge < -0.3 is 11.1 Å². The standard InChI is InChI=1S/C15H21F3N2S/c16-15(17,18)21-13-8-6-11(7-9-13)14(10-19)20-12-4-2-1-3-5-12/h6-9,12,14,20H,1-5,10,19H2. The third kappa shape index (κ3) is 5.52. The zero-order valence-electron chi connectivity index (χ0n) is 11.8. The number of nitrogens with one attached hydrogen (secondary N) is 1. The average Bonchev–Trinajstić information content (AvgIpc) is 2.45. The van der Waals surface area contributed by atoms with Gasteiger partial charge in [0.25, 0.3) is 0 Å². The predicted octanol–water partition coefficient (Wildman–Crippen LogP) is 4.22. The van der Waals surface area contributed by atoms with Crippen LogP contribution in [0.3, 0.4) is 0 Å². The summed E-state index contributed by atoms with van der Waals surface area (Å²) in [7, 11) is 0. The molecule has 0 bridgehead atoms. The van der Waals surface area contributed by atoms with Crippen molar-refractivity contribution < 1.29 is 13.2 Å². The van der Waals surface area contributed by atoms with E-state index in [1.807, 2.05) is 0 Å². The van der Waals surface area contributed by atoms with E-state index in [0.717, 1.165) is 18.4 Å². The van der Waals surface area contributed by atoms with Crippen LogP contribution in [0.4, 0.5) is 13.2 Å². The monoisotopic (exact) mass is 318 g/mol. The van der Waals surface area contributed by atoms with Gasteiger partial charge >= 0.3 is 5.51 Å². The van der Waals surface area contributed by atoms with Crippen molar-refractivity contribution in [1.29, 1.82) is 0 Å². The number of rotatable bonds is 5. The molecule has 3 N–H and O–H groups in total. The fourth-order valence-electron chi connectivity index (χ4n) is 2.76. The number of nitrogens with two attached hydrogens (primary N) is 1. The Morgan fingerprint density at radius 2 is 1.76 bits per heavy atom. The van der Waals surface area contributed by atoms with Gasteiger partial charge in [0.1, 0.15) is 0 Å². The van der Waals surface area contributed by atoms with Crippen LogP contribution in [-0.4, -0.2) is 18.1 Å². The van der Waals surface area contributed by atoms with Crippen molar-refractivity contribution in [2.45, 2.75) is 54.6 Å². The summed E-state index contributed by atoms with van der Waals surface area (Å²) in [6.07, 6.45) is 6.05. The molecule has 0 aliphatic heterocycles. The summed E-state index contributed by atoms with van der Waals surface area (Å²) in [4.78, 5) is 0.208. The lowest BCUT2D eigenvalue weighted by Gasteiger charge is -2.28. The molecular formula is C15H21F3N2S. The van der Waals surface area contributed by atoms with Gasteiger partial charge in [0.2, 0.25) is 0 Å². The molecular weight excluding hydrogens is 297 g/mol. The average molecular weight is 318 g/mol. The van der Waals surface area contributed by atoms with Crippen LogP contribution in [0.25, 0.3) is 0 Å². The fraction of sp³-hybridized carbons (Fsp3) is 0.600. The van der Waals surface area contributed by atoms with Crippen molar-refractivity contribution in [3.63, 3.8) is 0 Å². The lowest BCUT2D eigenvalue weighted by atomic mass is 9.94. The second-order valence-corrected chi connectivity index (χ2v) is 6.55. The summed E-state index contributed by atoms with van der Waals surface area (Å²) in [5, 5.41) is 3.54. The van der Waals surface area contributed by atoms with Crippen LogP contribution in [0.5, 0.6) is 0 Å². The van der Waals surface area contributed by atoms with E-state index in [4.69, 9.17) is 5.73 Å². The minimum absolute atomic E-state index is 0.0121. The quantitative estimate of drug-likeness (QED) is 0.798. The maximum absolute atomic E-state index is 12.3. The van der Waals surface area contributed by atoms with E-state index >= 15 is 0 Å². The van der Waals surface area contributed by atoms with E-state index < -0.39 is 5.51 Å². The van der Waals surface area contributed by atoms with E-state index in [1.165, 1.54) is 31.4 Å². The molecule has 1 atom stereocenters. The van der Waals surface area contributed by atoms with Gasteiger partial charge in [-0.2, -0.15) is 13.2 Å². The van der Waals surface area contributed by atoms with E-state index in [-0.39, 0.29) is 22.7 Å². The fourth-order valence-corrected chi connectivity index (χ4v) is 3.30. The molecule has 0 radical (unpaired) electrons. The number of halogens is 3. The first kappa shape index (κ1) is 16.6. The Morgan fingerprint density at radius 3 is 2.29 bits per heavy atom. The molecule has 2 rings (SSSR count). The molecule has 118 valence electrons. The van der Waals surface area contributed by atoms with Gasteiger partial charge in [-0.1, -0.05) is 31.4 Å². The normalized spacial score (nSPS) is 18.7. The maximum atomic E-state index is 12.3. The third-order valence-electron chi connectivity index (χ3n) is 3.79. The van der Waals surface area contributed by atoms with Crippen LogP contribution < -0.4 is 11.1 Å². The van der Waals surface area contributed by atoms with Gasteiger partial charge in [-0.3, -0.25) is 0 Å². The molecule has 0 amide bonds. The third-order valence-corrected chi connectivity index (χ3v) is 4.53. The Kier molecular flexibility index (Phi) is 5.96. The van der Waals surface area contributed by atoms with Crippen LogP contribution in [0.15, 0.2) is 29.2 Å². The largest absolute Gasteiger partial charge is 0.446 e. The van der Waals surface area contributed by atoms with E-state index in [9.17, 15) is 13.2 Å². The second kappa shape index (κ2) is 7.51. The molecule has 1 saturated carbocycles. The Morgan fingerprint density at radius 1 is 1.14 bits per heavy atom. The molecule has 0 saturated heterocycles. The van der Waals surface area contributed by atoms with Crippen LogP contribution in [0.2, 0.25) is 0 Å². The van der Waals surface area contributed by atoms with Crippen molar-refractivity contribution >= 4 is 11.8 Å². The summed E-state index contributed by atoms with van der Waals surface area (Å²) in [6.45, 7) is 0.447. The minimum atomic E-state index is -4.24. The van der Waals surface area contributed by atoms with Gasteiger partial charge in [-0.25, -0.2) is 0 Å². The van der Waals surface area contributed by atoms with Crippen molar-refractivity contribution in [2.24, 2.45) is 5.73 Å². The number of hydrogen-bond donors (Lipinski definition) is 2. The number of thioether (sulfide) groups is 1. The molecule has 1 aromatic carbocycles. The summed E-state index contributed by atoms with van der Waals surface area (Å²) in [5.74, 6) is 0. The second-order valence-electron chi connectivity index (χ2n) is 5.41. The minimum Gasteiger partial charge on any atom is -0.329 e. The summed E-state index contributed by atoms with van der Waals surface area (Å²) in [5.41, 5.74) is 2.53. The Hall–Kier alpha value is -0.720. The van der Waals surface area contributed by atoms with Crippen LogP contribution in [0.1, 0.15) is 43.7 Å². The Balaban J connectivity index is 1.97. The molecule has 2 nitrogen and oxygen atoms in total. The van der Waals surface area contributed by atoms with Crippen molar-refractivity contribution in [2.75, 3.05) is 6.54 Å². The van der Waals surface area contributed by atoms with E-state index in [1.54, 1.807) is 12.1 Å². The first-order valence-corrected chi connectivity index (χ1v) is 8.11. The highest BCUT2D eigenvalue weighted by Gasteiger charge is 2.29. The molecule has 1 aliphatic carbocycles. The molecule has 1 unspecified atom stereocenters. The molecule has 6 heteroatoms. The number of benzene rings is 1. The molecule has 1 aliphatic rings. The molecule has 0 spiro atoms. The SMILES string of the molecule is NCC(NC1CCCCC1)c1ccc(SC(F)(F)F)cc1. The molecule has 21 heavy (non-hydrogen) atoms. The predicted molar refractivity (Wildman–Crippen MR) is 80.2 cm³/mol. The van der Waals surface area contributed by atoms with Gasteiger partial charge in [-0.05, 0) is 42.3 Å². The molecule has 1 aromatic rings.